The van der Waals surface area contributed by atoms with E-state index in [0.717, 1.165) is 5.56 Å². The van der Waals surface area contributed by atoms with E-state index in [1.165, 1.54) is 30.3 Å². The highest BCUT2D eigenvalue weighted by atomic mass is 79.9. The number of aliphatic hydroxyl groups excluding tert-OH is 1. The molecule has 0 saturated heterocycles. The molecule has 1 unspecified atom stereocenters. The molecular weight excluding hydrogens is 338 g/mol. The van der Waals surface area contributed by atoms with Gasteiger partial charge >= 0.3 is 0 Å². The molecular formula is C14H10BrClF2O. The molecule has 19 heavy (non-hydrogen) atoms. The van der Waals surface area contributed by atoms with Crippen molar-refractivity contribution < 1.29 is 13.9 Å². The monoisotopic (exact) mass is 346 g/mol. The van der Waals surface area contributed by atoms with Gasteiger partial charge in [-0.3, -0.25) is 0 Å². The molecule has 0 saturated carbocycles. The first-order chi connectivity index (χ1) is 8.95. The predicted octanol–water partition coefficient (Wildman–Crippen LogP) is 4.66. The highest BCUT2D eigenvalue weighted by molar-refractivity contribution is 9.10. The second-order valence-electron chi connectivity index (χ2n) is 4.16. The van der Waals surface area contributed by atoms with Gasteiger partial charge < -0.3 is 5.11 Å². The molecule has 0 aromatic heterocycles. The van der Waals surface area contributed by atoms with E-state index in [-0.39, 0.29) is 17.3 Å². The van der Waals surface area contributed by atoms with Crippen LogP contribution in [-0.2, 0) is 6.42 Å². The maximum atomic E-state index is 13.2. The molecule has 2 rings (SSSR count). The van der Waals surface area contributed by atoms with Gasteiger partial charge in [0, 0.05) is 15.9 Å². The van der Waals surface area contributed by atoms with Crippen LogP contribution < -0.4 is 0 Å². The molecule has 0 spiro atoms. The second-order valence-corrected chi connectivity index (χ2v) is 5.45. The maximum Gasteiger partial charge on any atom is 0.125 e. The van der Waals surface area contributed by atoms with Gasteiger partial charge in [0.2, 0.25) is 0 Å². The summed E-state index contributed by atoms with van der Waals surface area (Å²) < 4.78 is 26.7. The van der Waals surface area contributed by atoms with Gasteiger partial charge in [0.1, 0.15) is 11.6 Å². The van der Waals surface area contributed by atoms with Crippen molar-refractivity contribution in [2.45, 2.75) is 12.5 Å². The van der Waals surface area contributed by atoms with Crippen LogP contribution in [0.1, 0.15) is 17.2 Å². The van der Waals surface area contributed by atoms with Crippen molar-refractivity contribution in [1.29, 1.82) is 0 Å². The van der Waals surface area contributed by atoms with Gasteiger partial charge in [-0.25, -0.2) is 8.78 Å². The number of rotatable bonds is 3. The van der Waals surface area contributed by atoms with E-state index in [0.29, 0.717) is 10.0 Å². The second kappa shape index (κ2) is 5.99. The Morgan fingerprint density at radius 3 is 2.47 bits per heavy atom. The van der Waals surface area contributed by atoms with Crippen molar-refractivity contribution >= 4 is 27.5 Å². The van der Waals surface area contributed by atoms with Gasteiger partial charge in [-0.2, -0.15) is 0 Å². The summed E-state index contributed by atoms with van der Waals surface area (Å²) in [5.74, 6) is -0.862. The molecule has 2 aromatic rings. The summed E-state index contributed by atoms with van der Waals surface area (Å²) in [6, 6.07) is 8.11. The molecule has 100 valence electrons. The van der Waals surface area contributed by atoms with E-state index in [9.17, 15) is 13.9 Å². The fourth-order valence-electron chi connectivity index (χ4n) is 1.78. The lowest BCUT2D eigenvalue weighted by Gasteiger charge is -2.13. The van der Waals surface area contributed by atoms with Crippen molar-refractivity contribution in [3.63, 3.8) is 0 Å². The van der Waals surface area contributed by atoms with Crippen LogP contribution in [0.15, 0.2) is 40.9 Å². The Labute approximate surface area is 123 Å². The molecule has 0 amide bonds. The van der Waals surface area contributed by atoms with Gasteiger partial charge in [-0.1, -0.05) is 33.6 Å². The molecule has 0 radical (unpaired) electrons. The topological polar surface area (TPSA) is 20.2 Å². The van der Waals surface area contributed by atoms with Crippen LogP contribution in [-0.4, -0.2) is 5.11 Å². The molecule has 1 atom stereocenters. The molecule has 2 aromatic carbocycles. The Bertz CT molecular complexity index is 584. The fraction of sp³-hybridized carbons (Fsp3) is 0.143. The fourth-order valence-corrected chi connectivity index (χ4v) is 2.52. The van der Waals surface area contributed by atoms with Crippen molar-refractivity contribution in [3.05, 3.63) is 68.7 Å². The zero-order chi connectivity index (χ0) is 14.0. The van der Waals surface area contributed by atoms with Gasteiger partial charge in [0.05, 0.1) is 6.10 Å². The van der Waals surface area contributed by atoms with E-state index >= 15 is 0 Å². The normalized spacial score (nSPS) is 12.5. The summed E-state index contributed by atoms with van der Waals surface area (Å²) in [5.41, 5.74) is 1.12. The maximum absolute atomic E-state index is 13.2. The zero-order valence-electron chi connectivity index (χ0n) is 9.71. The van der Waals surface area contributed by atoms with E-state index in [4.69, 9.17) is 11.6 Å². The molecule has 0 bridgehead atoms. The van der Waals surface area contributed by atoms with E-state index < -0.39 is 11.9 Å². The molecule has 0 fully saturated rings. The van der Waals surface area contributed by atoms with Crippen molar-refractivity contribution in [3.8, 4) is 0 Å². The lowest BCUT2D eigenvalue weighted by Crippen LogP contribution is -2.03. The summed E-state index contributed by atoms with van der Waals surface area (Å²) in [6.07, 6.45) is -0.671. The Kier molecular flexibility index (Phi) is 4.55. The highest BCUT2D eigenvalue weighted by Gasteiger charge is 2.13. The molecule has 1 nitrogen and oxygen atoms in total. The van der Waals surface area contributed by atoms with Crippen LogP contribution in [0.2, 0.25) is 5.02 Å². The van der Waals surface area contributed by atoms with Crippen molar-refractivity contribution in [2.75, 3.05) is 0 Å². The van der Waals surface area contributed by atoms with Crippen LogP contribution in [0.4, 0.5) is 8.78 Å². The summed E-state index contributed by atoms with van der Waals surface area (Å²) >= 11 is 8.97. The van der Waals surface area contributed by atoms with E-state index in [1.54, 1.807) is 6.07 Å². The van der Waals surface area contributed by atoms with Gasteiger partial charge in [-0.15, -0.1) is 0 Å². The lowest BCUT2D eigenvalue weighted by atomic mass is 10.0. The first-order valence-corrected chi connectivity index (χ1v) is 6.71. The first-order valence-electron chi connectivity index (χ1n) is 5.53. The smallest absolute Gasteiger partial charge is 0.125 e. The molecule has 0 aliphatic rings. The Morgan fingerprint density at radius 1 is 1.11 bits per heavy atom. The average Bonchev–Trinajstić information content (AvgIpc) is 2.31. The summed E-state index contributed by atoms with van der Waals surface area (Å²) in [5, 5.41) is 10.3. The van der Waals surface area contributed by atoms with Gasteiger partial charge in [0.15, 0.2) is 0 Å². The molecule has 0 aliphatic heterocycles. The van der Waals surface area contributed by atoms with Crippen LogP contribution in [0.3, 0.4) is 0 Å². The highest BCUT2D eigenvalue weighted by Crippen LogP contribution is 2.26. The van der Waals surface area contributed by atoms with Crippen molar-refractivity contribution in [2.24, 2.45) is 0 Å². The van der Waals surface area contributed by atoms with Crippen LogP contribution >= 0.6 is 27.5 Å². The number of halogens is 4. The Hall–Kier alpha value is -0.970. The molecule has 1 N–H and O–H groups in total. The van der Waals surface area contributed by atoms with E-state index in [1.807, 2.05) is 0 Å². The zero-order valence-corrected chi connectivity index (χ0v) is 12.0. The summed E-state index contributed by atoms with van der Waals surface area (Å²) in [4.78, 5) is 0. The minimum absolute atomic E-state index is 0.229. The molecule has 0 heterocycles. The Balaban J connectivity index is 2.22. The third kappa shape index (κ3) is 3.75. The summed E-state index contributed by atoms with van der Waals surface area (Å²) in [6.45, 7) is 0. The quantitative estimate of drug-likeness (QED) is 0.856. The minimum atomic E-state index is -0.907. The van der Waals surface area contributed by atoms with Crippen LogP contribution in [0.5, 0.6) is 0 Å². The third-order valence-corrected chi connectivity index (χ3v) is 3.65. The van der Waals surface area contributed by atoms with Gasteiger partial charge in [-0.05, 0) is 41.5 Å². The first kappa shape index (κ1) is 14.4. The lowest BCUT2D eigenvalue weighted by molar-refractivity contribution is 0.178. The van der Waals surface area contributed by atoms with E-state index in [2.05, 4.69) is 15.9 Å². The standard InChI is InChI=1S/C14H10BrClF2O/c15-13-7-11(17)2-1-8(13)5-14(19)9-3-10(16)6-12(18)4-9/h1-4,6-7,14,19H,5H2. The Morgan fingerprint density at radius 2 is 1.84 bits per heavy atom. The van der Waals surface area contributed by atoms with Crippen LogP contribution in [0, 0.1) is 11.6 Å². The minimum Gasteiger partial charge on any atom is -0.388 e. The number of aliphatic hydroxyl groups is 1. The summed E-state index contributed by atoms with van der Waals surface area (Å²) in [7, 11) is 0. The average molecular weight is 348 g/mol. The molecule has 0 aliphatic carbocycles. The predicted molar refractivity (Wildman–Crippen MR) is 74.2 cm³/mol. The SMILES string of the molecule is OC(Cc1ccc(F)cc1Br)c1cc(F)cc(Cl)c1. The number of hydrogen-bond donors (Lipinski definition) is 1. The largest absolute Gasteiger partial charge is 0.388 e. The number of hydrogen-bond acceptors (Lipinski definition) is 1. The third-order valence-electron chi connectivity index (χ3n) is 2.70. The molecule has 5 heteroatoms. The van der Waals surface area contributed by atoms with Crippen LogP contribution in [0.25, 0.3) is 0 Å². The number of benzene rings is 2. The van der Waals surface area contributed by atoms with Crippen molar-refractivity contribution in [1.82, 2.24) is 0 Å². The van der Waals surface area contributed by atoms with Gasteiger partial charge in [0.25, 0.3) is 0 Å².